The lowest BCUT2D eigenvalue weighted by atomic mass is 10.2. The fraction of sp³-hybridized carbons (Fsp3) is 0.391. The zero-order valence-electron chi connectivity index (χ0n) is 18.1. The maximum absolute atomic E-state index is 13.2. The summed E-state index contributed by atoms with van der Waals surface area (Å²) in [4.78, 5) is 30.8. The van der Waals surface area contributed by atoms with Crippen LogP contribution in [0.4, 0.5) is 21.5 Å². The highest BCUT2D eigenvalue weighted by Gasteiger charge is 2.16. The van der Waals surface area contributed by atoms with Gasteiger partial charge < -0.3 is 20.4 Å². The number of amides is 2. The molecule has 2 aromatic rings. The summed E-state index contributed by atoms with van der Waals surface area (Å²) in [6.07, 6.45) is 0. The summed E-state index contributed by atoms with van der Waals surface area (Å²) in [5, 5.41) is 5.48. The van der Waals surface area contributed by atoms with Gasteiger partial charge in [0.05, 0.1) is 13.1 Å². The van der Waals surface area contributed by atoms with Crippen LogP contribution in [0.5, 0.6) is 0 Å². The van der Waals surface area contributed by atoms with Gasteiger partial charge in [0.1, 0.15) is 5.82 Å². The normalized spacial score (nSPS) is 14.5. The van der Waals surface area contributed by atoms with Gasteiger partial charge >= 0.3 is 0 Å². The largest absolute Gasteiger partial charge is 0.369 e. The van der Waals surface area contributed by atoms with Crippen LogP contribution in [0, 0.1) is 5.82 Å². The van der Waals surface area contributed by atoms with E-state index < -0.39 is 5.82 Å². The summed E-state index contributed by atoms with van der Waals surface area (Å²) in [6.45, 7) is 7.48. The molecule has 0 radical (unpaired) electrons. The average Bonchev–Trinajstić information content (AvgIpc) is 2.74. The molecule has 0 saturated carbocycles. The van der Waals surface area contributed by atoms with Crippen molar-refractivity contribution in [1.82, 2.24) is 9.80 Å². The average molecular weight is 428 g/mol. The molecule has 0 aliphatic carbocycles. The third-order valence-corrected chi connectivity index (χ3v) is 5.27. The molecule has 0 aromatic heterocycles. The summed E-state index contributed by atoms with van der Waals surface area (Å²) in [5.74, 6) is -0.932. The quantitative estimate of drug-likeness (QED) is 0.678. The van der Waals surface area contributed by atoms with Crippen molar-refractivity contribution in [3.8, 4) is 0 Å². The molecule has 0 unspecified atom stereocenters. The Morgan fingerprint density at radius 1 is 0.935 bits per heavy atom. The Hall–Kier alpha value is -2.97. The third-order valence-electron chi connectivity index (χ3n) is 5.27. The van der Waals surface area contributed by atoms with Crippen molar-refractivity contribution < 1.29 is 14.0 Å². The van der Waals surface area contributed by atoms with E-state index in [2.05, 4.69) is 27.4 Å². The highest BCUT2D eigenvalue weighted by atomic mass is 19.1. The number of halogens is 1. The minimum absolute atomic E-state index is 0.0204. The second-order valence-corrected chi connectivity index (χ2v) is 7.75. The Kier molecular flexibility index (Phi) is 7.97. The smallest absolute Gasteiger partial charge is 0.238 e. The molecular weight excluding hydrogens is 397 g/mol. The second kappa shape index (κ2) is 10.9. The SMILES string of the molecule is CCN1CCN(c2ccc(NC(=O)CN(C)CC(=O)Nc3cccc(F)c3)cc2)CC1. The van der Waals surface area contributed by atoms with E-state index in [9.17, 15) is 14.0 Å². The first-order chi connectivity index (χ1) is 14.9. The van der Waals surface area contributed by atoms with Crippen LogP contribution >= 0.6 is 0 Å². The summed E-state index contributed by atoms with van der Waals surface area (Å²) in [7, 11) is 1.68. The molecule has 0 spiro atoms. The monoisotopic (exact) mass is 427 g/mol. The highest BCUT2D eigenvalue weighted by molar-refractivity contribution is 5.94. The summed E-state index contributed by atoms with van der Waals surface area (Å²) in [6, 6.07) is 13.5. The number of carbonyl (C=O) groups is 2. The van der Waals surface area contributed by atoms with Crippen molar-refractivity contribution in [3.05, 3.63) is 54.3 Å². The van der Waals surface area contributed by atoms with Gasteiger partial charge in [-0.3, -0.25) is 14.5 Å². The summed E-state index contributed by atoms with van der Waals surface area (Å²) >= 11 is 0. The van der Waals surface area contributed by atoms with Crippen LogP contribution in [0.25, 0.3) is 0 Å². The van der Waals surface area contributed by atoms with E-state index >= 15 is 0 Å². The van der Waals surface area contributed by atoms with Crippen molar-refractivity contribution in [3.63, 3.8) is 0 Å². The number of hydrogen-bond acceptors (Lipinski definition) is 5. The molecular formula is C23H30FN5O2. The van der Waals surface area contributed by atoms with Crippen LogP contribution < -0.4 is 15.5 Å². The molecule has 2 N–H and O–H groups in total. The second-order valence-electron chi connectivity index (χ2n) is 7.75. The van der Waals surface area contributed by atoms with E-state index in [-0.39, 0.29) is 24.9 Å². The van der Waals surface area contributed by atoms with E-state index in [1.165, 1.54) is 18.2 Å². The first kappa shape index (κ1) is 22.7. The Morgan fingerprint density at radius 3 is 2.13 bits per heavy atom. The number of rotatable bonds is 8. The number of hydrogen-bond donors (Lipinski definition) is 2. The lowest BCUT2D eigenvalue weighted by molar-refractivity contribution is -0.119. The van der Waals surface area contributed by atoms with Crippen LogP contribution in [-0.4, -0.2) is 74.5 Å². The van der Waals surface area contributed by atoms with Crippen LogP contribution in [0.15, 0.2) is 48.5 Å². The van der Waals surface area contributed by atoms with E-state index in [1.807, 2.05) is 24.3 Å². The van der Waals surface area contributed by atoms with Crippen molar-refractivity contribution in [2.75, 3.05) is 68.4 Å². The standard InChI is InChI=1S/C23H30FN5O2/c1-3-28-11-13-29(14-12-28)21-9-7-19(8-10-21)25-22(30)16-27(2)17-23(31)26-20-6-4-5-18(24)15-20/h4-10,15H,3,11-14,16-17H2,1-2H3,(H,25,30)(H,26,31). The molecule has 0 bridgehead atoms. The van der Waals surface area contributed by atoms with E-state index in [1.54, 1.807) is 18.0 Å². The Morgan fingerprint density at radius 2 is 1.55 bits per heavy atom. The van der Waals surface area contributed by atoms with Gasteiger partial charge in [0.2, 0.25) is 11.8 Å². The van der Waals surface area contributed by atoms with Gasteiger partial charge in [0.15, 0.2) is 0 Å². The minimum atomic E-state index is -0.417. The zero-order valence-corrected chi connectivity index (χ0v) is 18.1. The highest BCUT2D eigenvalue weighted by Crippen LogP contribution is 2.19. The number of carbonyl (C=O) groups excluding carboxylic acids is 2. The van der Waals surface area contributed by atoms with Crippen molar-refractivity contribution >= 4 is 28.9 Å². The van der Waals surface area contributed by atoms with E-state index in [0.717, 1.165) is 44.1 Å². The van der Waals surface area contributed by atoms with Gasteiger partial charge in [-0.2, -0.15) is 0 Å². The molecule has 2 amide bonds. The number of nitrogens with zero attached hydrogens (tertiary/aromatic N) is 3. The molecule has 31 heavy (non-hydrogen) atoms. The molecule has 1 aliphatic heterocycles. The van der Waals surface area contributed by atoms with Gasteiger partial charge in [-0.1, -0.05) is 13.0 Å². The van der Waals surface area contributed by atoms with E-state index in [4.69, 9.17) is 0 Å². The lowest BCUT2D eigenvalue weighted by Gasteiger charge is -2.35. The number of piperazine rings is 1. The molecule has 1 fully saturated rings. The fourth-order valence-electron chi connectivity index (χ4n) is 3.59. The number of benzene rings is 2. The molecule has 1 aliphatic rings. The van der Waals surface area contributed by atoms with Crippen LogP contribution in [0.2, 0.25) is 0 Å². The summed E-state index contributed by atoms with van der Waals surface area (Å²) < 4.78 is 13.2. The predicted molar refractivity (Wildman–Crippen MR) is 122 cm³/mol. The molecule has 7 nitrogen and oxygen atoms in total. The first-order valence-electron chi connectivity index (χ1n) is 10.5. The molecule has 2 aromatic carbocycles. The zero-order chi connectivity index (χ0) is 22.2. The first-order valence-corrected chi connectivity index (χ1v) is 10.5. The molecule has 1 heterocycles. The number of nitrogens with one attached hydrogen (secondary N) is 2. The Balaban J connectivity index is 1.43. The van der Waals surface area contributed by atoms with E-state index in [0.29, 0.717) is 5.69 Å². The van der Waals surface area contributed by atoms with Gasteiger partial charge in [0.25, 0.3) is 0 Å². The number of anilines is 3. The van der Waals surface area contributed by atoms with Crippen LogP contribution in [0.3, 0.4) is 0 Å². The Labute approximate surface area is 182 Å². The topological polar surface area (TPSA) is 67.9 Å². The molecule has 8 heteroatoms. The maximum atomic E-state index is 13.2. The van der Waals surface area contributed by atoms with Gasteiger partial charge in [-0.25, -0.2) is 4.39 Å². The van der Waals surface area contributed by atoms with Gasteiger partial charge in [-0.15, -0.1) is 0 Å². The molecule has 3 rings (SSSR count). The molecule has 1 saturated heterocycles. The van der Waals surface area contributed by atoms with Gasteiger partial charge in [-0.05, 0) is 56.1 Å². The molecule has 0 atom stereocenters. The van der Waals surface area contributed by atoms with Gasteiger partial charge in [0, 0.05) is 43.2 Å². The maximum Gasteiger partial charge on any atom is 0.238 e. The van der Waals surface area contributed by atoms with Crippen LogP contribution in [-0.2, 0) is 9.59 Å². The lowest BCUT2D eigenvalue weighted by Crippen LogP contribution is -2.46. The van der Waals surface area contributed by atoms with Crippen molar-refractivity contribution in [1.29, 1.82) is 0 Å². The molecule has 166 valence electrons. The Bertz CT molecular complexity index is 882. The fourth-order valence-corrected chi connectivity index (χ4v) is 3.59. The third kappa shape index (κ3) is 7.04. The minimum Gasteiger partial charge on any atom is -0.369 e. The van der Waals surface area contributed by atoms with Crippen LogP contribution in [0.1, 0.15) is 6.92 Å². The van der Waals surface area contributed by atoms with Crippen molar-refractivity contribution in [2.45, 2.75) is 6.92 Å². The predicted octanol–water partition coefficient (Wildman–Crippen LogP) is 2.48. The van der Waals surface area contributed by atoms with Crippen molar-refractivity contribution in [2.24, 2.45) is 0 Å². The number of likely N-dealkylation sites (N-methyl/N-ethyl adjacent to an activating group) is 2. The summed E-state index contributed by atoms with van der Waals surface area (Å²) in [5.41, 5.74) is 2.26.